The predicted molar refractivity (Wildman–Crippen MR) is 90.4 cm³/mol. The van der Waals surface area contributed by atoms with E-state index < -0.39 is 29.3 Å². The van der Waals surface area contributed by atoms with Gasteiger partial charge >= 0.3 is 5.97 Å². The molecule has 0 aliphatic rings. The second kappa shape index (κ2) is 8.58. The Labute approximate surface area is 152 Å². The number of nitrogens with one attached hydrogen (secondary N) is 2. The van der Waals surface area contributed by atoms with Crippen LogP contribution in [0, 0.1) is 10.1 Å². The number of nitrogens with zero attached hydrogens (tertiary/aromatic N) is 1. The first-order valence-electron chi connectivity index (χ1n) is 7.13. The molecule has 0 saturated heterocycles. The summed E-state index contributed by atoms with van der Waals surface area (Å²) in [6.45, 7) is -0.619. The van der Waals surface area contributed by atoms with E-state index in [-0.39, 0.29) is 16.8 Å². The lowest BCUT2D eigenvalue weighted by Crippen LogP contribution is -2.43. The highest BCUT2D eigenvalue weighted by molar-refractivity contribution is 6.30. The van der Waals surface area contributed by atoms with Crippen molar-refractivity contribution in [2.45, 2.75) is 0 Å². The molecule has 0 aliphatic heterocycles. The van der Waals surface area contributed by atoms with Gasteiger partial charge in [0.15, 0.2) is 6.61 Å². The largest absolute Gasteiger partial charge is 0.452 e. The summed E-state index contributed by atoms with van der Waals surface area (Å²) in [5.74, 6) is -2.20. The highest BCUT2D eigenvalue weighted by Gasteiger charge is 2.13. The summed E-state index contributed by atoms with van der Waals surface area (Å²) in [4.78, 5) is 45.1. The molecule has 0 spiro atoms. The first-order chi connectivity index (χ1) is 12.4. The zero-order chi connectivity index (χ0) is 19.1. The Hall–Kier alpha value is -3.46. The third-order valence-electron chi connectivity index (χ3n) is 3.05. The second-order valence-corrected chi connectivity index (χ2v) is 5.33. The zero-order valence-electron chi connectivity index (χ0n) is 13.1. The number of non-ortho nitro benzene ring substituents is 1. The molecule has 0 saturated carbocycles. The molecule has 0 heterocycles. The number of rotatable bonds is 5. The van der Waals surface area contributed by atoms with Gasteiger partial charge in [-0.05, 0) is 30.3 Å². The Morgan fingerprint density at radius 1 is 1.04 bits per heavy atom. The van der Waals surface area contributed by atoms with Crippen molar-refractivity contribution in [3.63, 3.8) is 0 Å². The fraction of sp³-hybridized carbons (Fsp3) is 0.0625. The van der Waals surface area contributed by atoms with E-state index in [1.54, 1.807) is 12.1 Å². The number of carbonyl (C=O) groups is 3. The fourth-order valence-electron chi connectivity index (χ4n) is 1.80. The maximum atomic E-state index is 11.8. The van der Waals surface area contributed by atoms with E-state index in [4.69, 9.17) is 16.3 Å². The first kappa shape index (κ1) is 18.9. The van der Waals surface area contributed by atoms with Crippen molar-refractivity contribution in [2.75, 3.05) is 6.61 Å². The number of hydrazine groups is 1. The van der Waals surface area contributed by atoms with Gasteiger partial charge in [-0.15, -0.1) is 0 Å². The summed E-state index contributed by atoms with van der Waals surface area (Å²) in [5.41, 5.74) is 4.28. The van der Waals surface area contributed by atoms with E-state index in [1.165, 1.54) is 24.3 Å². The van der Waals surface area contributed by atoms with Gasteiger partial charge in [-0.2, -0.15) is 0 Å². The van der Waals surface area contributed by atoms with Gasteiger partial charge in [-0.3, -0.25) is 30.6 Å². The van der Waals surface area contributed by atoms with Crippen molar-refractivity contribution < 1.29 is 24.0 Å². The molecular formula is C16H12ClN3O6. The molecule has 2 N–H and O–H groups in total. The molecule has 0 aromatic heterocycles. The number of benzene rings is 2. The number of carbonyl (C=O) groups excluding carboxylic acids is 3. The minimum Gasteiger partial charge on any atom is -0.452 e. The van der Waals surface area contributed by atoms with Gasteiger partial charge in [0.2, 0.25) is 0 Å². The van der Waals surface area contributed by atoms with Crippen LogP contribution in [0.15, 0.2) is 48.5 Å². The molecule has 2 amide bonds. The number of hydrogen-bond acceptors (Lipinski definition) is 6. The van der Waals surface area contributed by atoms with E-state index in [1.807, 2.05) is 0 Å². The average molecular weight is 378 g/mol. The van der Waals surface area contributed by atoms with E-state index in [0.717, 1.165) is 12.1 Å². The Bertz CT molecular complexity index is 853. The lowest BCUT2D eigenvalue weighted by Gasteiger charge is -2.08. The molecule has 0 atom stereocenters. The predicted octanol–water partition coefficient (Wildman–Crippen LogP) is 1.87. The van der Waals surface area contributed by atoms with Gasteiger partial charge in [0.1, 0.15) is 0 Å². The van der Waals surface area contributed by atoms with E-state index >= 15 is 0 Å². The molecule has 0 fully saturated rings. The van der Waals surface area contributed by atoms with Crippen LogP contribution >= 0.6 is 11.6 Å². The summed E-state index contributed by atoms with van der Waals surface area (Å²) in [7, 11) is 0. The SMILES string of the molecule is O=C(COC(=O)c1cccc(Cl)c1)NNC(=O)c1ccc([N+](=O)[O-])cc1. The van der Waals surface area contributed by atoms with Crippen LogP contribution in [0.3, 0.4) is 0 Å². The Balaban J connectivity index is 1.80. The molecule has 0 radical (unpaired) electrons. The molecule has 10 heteroatoms. The third kappa shape index (κ3) is 5.28. The molecule has 2 aromatic carbocycles. The van der Waals surface area contributed by atoms with Crippen LogP contribution in [-0.4, -0.2) is 29.3 Å². The monoisotopic (exact) mass is 377 g/mol. The molecule has 2 aromatic rings. The van der Waals surface area contributed by atoms with Crippen LogP contribution in [-0.2, 0) is 9.53 Å². The highest BCUT2D eigenvalue weighted by Crippen LogP contribution is 2.12. The smallest absolute Gasteiger partial charge is 0.338 e. The average Bonchev–Trinajstić information content (AvgIpc) is 2.64. The molecule has 0 bridgehead atoms. The maximum absolute atomic E-state index is 11.8. The van der Waals surface area contributed by atoms with Gasteiger partial charge < -0.3 is 4.74 Å². The maximum Gasteiger partial charge on any atom is 0.338 e. The van der Waals surface area contributed by atoms with E-state index in [2.05, 4.69) is 10.9 Å². The molecule has 0 unspecified atom stereocenters. The van der Waals surface area contributed by atoms with Crippen LogP contribution < -0.4 is 10.9 Å². The van der Waals surface area contributed by atoms with E-state index in [9.17, 15) is 24.5 Å². The van der Waals surface area contributed by atoms with Gasteiger partial charge in [-0.25, -0.2) is 4.79 Å². The molecule has 26 heavy (non-hydrogen) atoms. The van der Waals surface area contributed by atoms with Gasteiger partial charge in [-0.1, -0.05) is 17.7 Å². The lowest BCUT2D eigenvalue weighted by molar-refractivity contribution is -0.384. The lowest BCUT2D eigenvalue weighted by atomic mass is 10.2. The summed E-state index contributed by atoms with van der Waals surface area (Å²) in [6.07, 6.45) is 0. The Kier molecular flexibility index (Phi) is 6.23. The minimum absolute atomic E-state index is 0.104. The number of esters is 1. The van der Waals surface area contributed by atoms with Crippen molar-refractivity contribution in [3.05, 3.63) is 74.8 Å². The topological polar surface area (TPSA) is 128 Å². The third-order valence-corrected chi connectivity index (χ3v) is 3.29. The number of nitro groups is 1. The van der Waals surface area contributed by atoms with Crippen LogP contribution in [0.1, 0.15) is 20.7 Å². The minimum atomic E-state index is -0.768. The van der Waals surface area contributed by atoms with Gasteiger partial charge in [0.25, 0.3) is 17.5 Å². The Morgan fingerprint density at radius 3 is 2.35 bits per heavy atom. The number of amides is 2. The number of halogens is 1. The van der Waals surface area contributed by atoms with Crippen molar-refractivity contribution >= 4 is 35.1 Å². The summed E-state index contributed by atoms with van der Waals surface area (Å²) in [6, 6.07) is 10.8. The van der Waals surface area contributed by atoms with Gasteiger partial charge in [0.05, 0.1) is 10.5 Å². The van der Waals surface area contributed by atoms with Crippen molar-refractivity contribution in [3.8, 4) is 0 Å². The number of nitro benzene ring substituents is 1. The second-order valence-electron chi connectivity index (χ2n) is 4.89. The standard InChI is InChI=1S/C16H12ClN3O6/c17-12-3-1-2-11(8-12)16(23)26-9-14(21)18-19-15(22)10-4-6-13(7-5-10)20(24)25/h1-8H,9H2,(H,18,21)(H,19,22). The summed E-state index contributed by atoms with van der Waals surface area (Å²) >= 11 is 5.75. The zero-order valence-corrected chi connectivity index (χ0v) is 13.9. The van der Waals surface area contributed by atoms with E-state index in [0.29, 0.717) is 5.02 Å². The van der Waals surface area contributed by atoms with Crippen LogP contribution in [0.2, 0.25) is 5.02 Å². The molecule has 134 valence electrons. The van der Waals surface area contributed by atoms with Gasteiger partial charge in [0, 0.05) is 22.7 Å². The van der Waals surface area contributed by atoms with Crippen molar-refractivity contribution in [1.29, 1.82) is 0 Å². The molecule has 9 nitrogen and oxygen atoms in total. The van der Waals surface area contributed by atoms with Crippen LogP contribution in [0.4, 0.5) is 5.69 Å². The first-order valence-corrected chi connectivity index (χ1v) is 7.51. The molecular weight excluding hydrogens is 366 g/mol. The Morgan fingerprint density at radius 2 is 1.73 bits per heavy atom. The molecule has 2 rings (SSSR count). The molecule has 0 aliphatic carbocycles. The quantitative estimate of drug-likeness (QED) is 0.465. The number of ether oxygens (including phenoxy) is 1. The van der Waals surface area contributed by atoms with Crippen LogP contribution in [0.5, 0.6) is 0 Å². The van der Waals surface area contributed by atoms with Crippen LogP contribution in [0.25, 0.3) is 0 Å². The highest BCUT2D eigenvalue weighted by atomic mass is 35.5. The summed E-state index contributed by atoms with van der Waals surface area (Å²) < 4.78 is 4.79. The normalized spacial score (nSPS) is 9.88. The van der Waals surface area contributed by atoms with Crippen molar-refractivity contribution in [1.82, 2.24) is 10.9 Å². The summed E-state index contributed by atoms with van der Waals surface area (Å²) in [5, 5.41) is 10.9. The number of hydrogen-bond donors (Lipinski definition) is 2. The van der Waals surface area contributed by atoms with Crippen molar-refractivity contribution in [2.24, 2.45) is 0 Å². The fourth-order valence-corrected chi connectivity index (χ4v) is 1.99.